The highest BCUT2D eigenvalue weighted by Crippen LogP contribution is 2.37. The zero-order chi connectivity index (χ0) is 20.8. The van der Waals surface area contributed by atoms with Crippen LogP contribution in [-0.2, 0) is 0 Å². The van der Waals surface area contributed by atoms with Crippen LogP contribution in [0.15, 0.2) is 42.7 Å². The normalized spacial score (nSPS) is 21.7. The summed E-state index contributed by atoms with van der Waals surface area (Å²) in [5, 5.41) is 14.0. The fourth-order valence-corrected chi connectivity index (χ4v) is 4.60. The number of nitrogens with zero attached hydrogens (tertiary/aromatic N) is 4. The first-order valence-electron chi connectivity index (χ1n) is 10.2. The SMILES string of the molecule is O=C(c1cnn2ccc(N3CCC[C@@H]3c3cc(F)cc(F)c3)cc12)N1CC[C@H](O)C1. The number of fused-ring (bicyclic) bond motifs is 1. The molecule has 8 heteroatoms. The Morgan fingerprint density at radius 2 is 1.90 bits per heavy atom. The number of amides is 1. The number of hydrogen-bond donors (Lipinski definition) is 1. The zero-order valence-electron chi connectivity index (χ0n) is 16.3. The van der Waals surface area contributed by atoms with E-state index in [-0.39, 0.29) is 11.9 Å². The van der Waals surface area contributed by atoms with E-state index in [0.717, 1.165) is 31.1 Å². The molecule has 0 radical (unpaired) electrons. The van der Waals surface area contributed by atoms with E-state index >= 15 is 0 Å². The second kappa shape index (κ2) is 7.36. The van der Waals surface area contributed by atoms with Crippen LogP contribution in [0.3, 0.4) is 0 Å². The molecule has 1 N–H and O–H groups in total. The molecule has 30 heavy (non-hydrogen) atoms. The average molecular weight is 412 g/mol. The number of hydrogen-bond acceptors (Lipinski definition) is 4. The summed E-state index contributed by atoms with van der Waals surface area (Å²) >= 11 is 0. The number of aliphatic hydroxyl groups is 1. The number of aromatic nitrogens is 2. The number of likely N-dealkylation sites (tertiary alicyclic amines) is 1. The number of carbonyl (C=O) groups excluding carboxylic acids is 1. The molecule has 1 amide bonds. The van der Waals surface area contributed by atoms with Crippen LogP contribution in [-0.4, -0.2) is 51.3 Å². The summed E-state index contributed by atoms with van der Waals surface area (Å²) in [5.74, 6) is -1.31. The quantitative estimate of drug-likeness (QED) is 0.718. The van der Waals surface area contributed by atoms with Crippen molar-refractivity contribution in [1.29, 1.82) is 0 Å². The maximum absolute atomic E-state index is 13.8. The third-order valence-electron chi connectivity index (χ3n) is 6.04. The topological polar surface area (TPSA) is 61.1 Å². The largest absolute Gasteiger partial charge is 0.391 e. The summed E-state index contributed by atoms with van der Waals surface area (Å²) < 4.78 is 29.2. The number of aliphatic hydroxyl groups excluding tert-OH is 1. The third-order valence-corrected chi connectivity index (χ3v) is 6.04. The molecule has 0 unspecified atom stereocenters. The van der Waals surface area contributed by atoms with Crippen molar-refractivity contribution in [2.45, 2.75) is 31.4 Å². The highest BCUT2D eigenvalue weighted by molar-refractivity contribution is 6.01. The lowest BCUT2D eigenvalue weighted by atomic mass is 10.0. The van der Waals surface area contributed by atoms with E-state index in [0.29, 0.717) is 36.2 Å². The molecule has 6 nitrogen and oxygen atoms in total. The van der Waals surface area contributed by atoms with Gasteiger partial charge in [0.05, 0.1) is 29.4 Å². The van der Waals surface area contributed by atoms with Gasteiger partial charge >= 0.3 is 0 Å². The van der Waals surface area contributed by atoms with Gasteiger partial charge in [-0.3, -0.25) is 4.79 Å². The first-order chi connectivity index (χ1) is 14.5. The Hall–Kier alpha value is -3.00. The maximum Gasteiger partial charge on any atom is 0.257 e. The monoisotopic (exact) mass is 412 g/mol. The van der Waals surface area contributed by atoms with Gasteiger partial charge in [0, 0.05) is 37.6 Å². The van der Waals surface area contributed by atoms with Crippen LogP contribution in [0.4, 0.5) is 14.5 Å². The number of β-amino-alcohol motifs (C(OH)–C–C–N with tert-alkyl or cyclic N) is 1. The predicted molar refractivity (Wildman–Crippen MR) is 107 cm³/mol. The Bertz CT molecular complexity index is 1100. The highest BCUT2D eigenvalue weighted by Gasteiger charge is 2.30. The minimum absolute atomic E-state index is 0.131. The predicted octanol–water partition coefficient (Wildman–Crippen LogP) is 3.16. The Kier molecular flexibility index (Phi) is 4.66. The number of anilines is 1. The van der Waals surface area contributed by atoms with Gasteiger partial charge in [-0.15, -0.1) is 0 Å². The van der Waals surface area contributed by atoms with Crippen LogP contribution in [0.25, 0.3) is 5.52 Å². The van der Waals surface area contributed by atoms with E-state index in [2.05, 4.69) is 10.00 Å². The molecule has 0 aliphatic carbocycles. The third kappa shape index (κ3) is 3.31. The summed E-state index contributed by atoms with van der Waals surface area (Å²) in [6.45, 7) is 1.61. The van der Waals surface area contributed by atoms with Gasteiger partial charge in [0.25, 0.3) is 5.91 Å². The van der Waals surface area contributed by atoms with Gasteiger partial charge in [0.15, 0.2) is 0 Å². The molecule has 2 aromatic heterocycles. The van der Waals surface area contributed by atoms with Gasteiger partial charge in [-0.05, 0) is 49.1 Å². The molecule has 2 aliphatic rings. The van der Waals surface area contributed by atoms with Crippen molar-refractivity contribution >= 4 is 17.1 Å². The van der Waals surface area contributed by atoms with Gasteiger partial charge in [0.2, 0.25) is 0 Å². The van der Waals surface area contributed by atoms with Crippen LogP contribution in [0, 0.1) is 11.6 Å². The minimum atomic E-state index is -0.580. The van der Waals surface area contributed by atoms with E-state index in [4.69, 9.17) is 0 Å². The van der Waals surface area contributed by atoms with Crippen LogP contribution in [0.5, 0.6) is 0 Å². The summed E-state index contributed by atoms with van der Waals surface area (Å²) in [5.41, 5.74) is 2.65. The van der Waals surface area contributed by atoms with Crippen molar-refractivity contribution in [3.8, 4) is 0 Å². The van der Waals surface area contributed by atoms with E-state index in [1.54, 1.807) is 21.8 Å². The Labute approximate surface area is 172 Å². The number of halogens is 2. The van der Waals surface area contributed by atoms with Gasteiger partial charge in [-0.1, -0.05) is 0 Å². The lowest BCUT2D eigenvalue weighted by Crippen LogP contribution is -2.29. The van der Waals surface area contributed by atoms with Crippen molar-refractivity contribution in [3.63, 3.8) is 0 Å². The molecule has 2 saturated heterocycles. The fraction of sp³-hybridized carbons (Fsp3) is 0.364. The molecule has 0 bridgehead atoms. The first-order valence-corrected chi connectivity index (χ1v) is 10.2. The number of carbonyl (C=O) groups is 1. The number of benzene rings is 1. The molecule has 1 aromatic carbocycles. The van der Waals surface area contributed by atoms with Gasteiger partial charge in [-0.25, -0.2) is 13.3 Å². The summed E-state index contributed by atoms with van der Waals surface area (Å²) in [6.07, 6.45) is 5.14. The molecule has 2 aliphatic heterocycles. The van der Waals surface area contributed by atoms with Crippen LogP contribution < -0.4 is 4.90 Å². The average Bonchev–Trinajstić information content (AvgIpc) is 3.45. The van der Waals surface area contributed by atoms with Crippen LogP contribution in [0.1, 0.15) is 41.2 Å². The molecule has 3 aromatic rings. The molecule has 5 rings (SSSR count). The second-order valence-electron chi connectivity index (χ2n) is 8.02. The zero-order valence-corrected chi connectivity index (χ0v) is 16.3. The maximum atomic E-state index is 13.8. The molecule has 4 heterocycles. The summed E-state index contributed by atoms with van der Waals surface area (Å²) in [7, 11) is 0. The highest BCUT2D eigenvalue weighted by atomic mass is 19.1. The van der Waals surface area contributed by atoms with Crippen molar-refractivity contribution in [1.82, 2.24) is 14.5 Å². The standard InChI is InChI=1S/C22H22F2N4O2/c23-15-8-14(9-16(24)10-15)20-2-1-5-27(20)17-3-7-28-21(11-17)19(12-25-28)22(30)26-6-4-18(29)13-26/h3,7-12,18,20,29H,1-2,4-6,13H2/t18-,20+/m0/s1. The van der Waals surface area contributed by atoms with Crippen LogP contribution >= 0.6 is 0 Å². The molecule has 0 saturated carbocycles. The van der Waals surface area contributed by atoms with Crippen molar-refractivity contribution < 1.29 is 18.7 Å². The first kappa shape index (κ1) is 19.0. The lowest BCUT2D eigenvalue weighted by molar-refractivity contribution is 0.0767. The number of rotatable bonds is 3. The van der Waals surface area contributed by atoms with Gasteiger partial charge in [-0.2, -0.15) is 5.10 Å². The molecule has 0 spiro atoms. The Morgan fingerprint density at radius 1 is 1.10 bits per heavy atom. The van der Waals surface area contributed by atoms with E-state index < -0.39 is 17.7 Å². The molecule has 2 fully saturated rings. The second-order valence-corrected chi connectivity index (χ2v) is 8.02. The Balaban J connectivity index is 1.49. The van der Waals surface area contributed by atoms with Crippen molar-refractivity contribution in [3.05, 3.63) is 65.5 Å². The van der Waals surface area contributed by atoms with E-state index in [1.807, 2.05) is 12.1 Å². The summed E-state index contributed by atoms with van der Waals surface area (Å²) in [4.78, 5) is 16.7. The smallest absolute Gasteiger partial charge is 0.257 e. The van der Waals surface area contributed by atoms with Crippen molar-refractivity contribution in [2.75, 3.05) is 24.5 Å². The van der Waals surface area contributed by atoms with Crippen molar-refractivity contribution in [2.24, 2.45) is 0 Å². The Morgan fingerprint density at radius 3 is 2.63 bits per heavy atom. The van der Waals surface area contributed by atoms with E-state index in [9.17, 15) is 18.7 Å². The molecule has 156 valence electrons. The molecular formula is C22H22F2N4O2. The van der Waals surface area contributed by atoms with Crippen LogP contribution in [0.2, 0.25) is 0 Å². The van der Waals surface area contributed by atoms with E-state index in [1.165, 1.54) is 12.1 Å². The minimum Gasteiger partial charge on any atom is -0.391 e. The van der Waals surface area contributed by atoms with Gasteiger partial charge in [0.1, 0.15) is 11.6 Å². The summed E-state index contributed by atoms with van der Waals surface area (Å²) in [6, 6.07) is 7.33. The molecular weight excluding hydrogens is 390 g/mol. The number of pyridine rings is 1. The fourth-order valence-electron chi connectivity index (χ4n) is 4.60. The van der Waals surface area contributed by atoms with Gasteiger partial charge < -0.3 is 14.9 Å². The lowest BCUT2D eigenvalue weighted by Gasteiger charge is -2.27. The molecule has 2 atom stereocenters.